The highest BCUT2D eigenvalue weighted by molar-refractivity contribution is 7.09. The Kier molecular flexibility index (Phi) is 3.15. The highest BCUT2D eigenvalue weighted by Gasteiger charge is 2.66. The lowest BCUT2D eigenvalue weighted by Gasteiger charge is -2.21. The molecular formula is C16H24N2S. The average molecular weight is 276 g/mol. The largest absolute Gasteiger partial charge is 0.313 e. The first-order valence-corrected chi connectivity index (χ1v) is 8.87. The first-order valence-electron chi connectivity index (χ1n) is 7.99. The van der Waals surface area contributed by atoms with Gasteiger partial charge in [-0.2, -0.15) is 0 Å². The fraction of sp³-hybridized carbons (Fsp3) is 0.812. The number of hydrogen-bond acceptors (Lipinski definition) is 3. The van der Waals surface area contributed by atoms with Crippen molar-refractivity contribution >= 4 is 11.3 Å². The van der Waals surface area contributed by atoms with E-state index in [0.717, 1.165) is 35.6 Å². The van der Waals surface area contributed by atoms with E-state index in [2.05, 4.69) is 23.4 Å². The Morgan fingerprint density at radius 3 is 2.79 bits per heavy atom. The zero-order valence-corrected chi connectivity index (χ0v) is 12.5. The molecule has 19 heavy (non-hydrogen) atoms. The van der Waals surface area contributed by atoms with Crippen LogP contribution in [-0.4, -0.2) is 17.6 Å². The number of fused-ring (bicyclic) bond motifs is 5. The third-order valence-electron chi connectivity index (χ3n) is 5.82. The van der Waals surface area contributed by atoms with Crippen LogP contribution in [0.3, 0.4) is 0 Å². The van der Waals surface area contributed by atoms with Crippen LogP contribution in [0.1, 0.15) is 37.5 Å². The lowest BCUT2D eigenvalue weighted by atomic mass is 9.95. The zero-order valence-electron chi connectivity index (χ0n) is 11.7. The second-order valence-corrected chi connectivity index (χ2v) is 7.77. The molecule has 1 aromatic rings. The Morgan fingerprint density at radius 2 is 2.16 bits per heavy atom. The van der Waals surface area contributed by atoms with Crippen molar-refractivity contribution < 1.29 is 0 Å². The lowest BCUT2D eigenvalue weighted by molar-refractivity contribution is 0.362. The van der Waals surface area contributed by atoms with Gasteiger partial charge in [-0.25, -0.2) is 0 Å². The van der Waals surface area contributed by atoms with Gasteiger partial charge in [0.1, 0.15) is 0 Å². The molecule has 0 radical (unpaired) electrons. The summed E-state index contributed by atoms with van der Waals surface area (Å²) in [6, 6.07) is 0.721. The van der Waals surface area contributed by atoms with Crippen molar-refractivity contribution in [1.29, 1.82) is 0 Å². The van der Waals surface area contributed by atoms with Crippen LogP contribution in [0.4, 0.5) is 0 Å². The van der Waals surface area contributed by atoms with Crippen molar-refractivity contribution in [1.82, 2.24) is 10.3 Å². The lowest BCUT2D eigenvalue weighted by Crippen LogP contribution is -2.35. The molecule has 0 spiro atoms. The van der Waals surface area contributed by atoms with Crippen molar-refractivity contribution in [2.24, 2.45) is 29.6 Å². The molecule has 1 heterocycles. The number of nitrogens with zero attached hydrogens (tertiary/aromatic N) is 1. The van der Waals surface area contributed by atoms with E-state index in [1.54, 1.807) is 6.42 Å². The van der Waals surface area contributed by atoms with Crippen LogP contribution >= 0.6 is 11.3 Å². The number of thiazole rings is 1. The van der Waals surface area contributed by atoms with Crippen LogP contribution < -0.4 is 5.32 Å². The Labute approximate surface area is 120 Å². The topological polar surface area (TPSA) is 24.9 Å². The molecule has 4 rings (SSSR count). The van der Waals surface area contributed by atoms with E-state index in [1.165, 1.54) is 37.1 Å². The van der Waals surface area contributed by atoms with Crippen LogP contribution in [0.5, 0.6) is 0 Å². The molecule has 5 unspecified atom stereocenters. The number of nitrogens with one attached hydrogen (secondary N) is 1. The van der Waals surface area contributed by atoms with E-state index < -0.39 is 0 Å². The smallest absolute Gasteiger partial charge is 0.0794 e. The standard InChI is InChI=1S/C16H24N2S/c1-2-5-18-13(7-12-8-17-9-19-12)16-14-10-3-4-11(6-10)15(14)16/h8-11,13-16,18H,2-7H2,1H3. The third-order valence-corrected chi connectivity index (χ3v) is 6.62. The van der Waals surface area contributed by atoms with Crippen molar-refractivity contribution in [2.45, 2.75) is 45.1 Å². The van der Waals surface area contributed by atoms with E-state index >= 15 is 0 Å². The maximum absolute atomic E-state index is 4.24. The molecule has 0 amide bonds. The highest BCUT2D eigenvalue weighted by Crippen LogP contribution is 2.70. The van der Waals surface area contributed by atoms with Gasteiger partial charge in [-0.15, -0.1) is 11.3 Å². The van der Waals surface area contributed by atoms with Crippen LogP contribution in [0.15, 0.2) is 11.7 Å². The molecule has 2 bridgehead atoms. The highest BCUT2D eigenvalue weighted by atomic mass is 32.1. The van der Waals surface area contributed by atoms with Crippen LogP contribution in [0, 0.1) is 29.6 Å². The van der Waals surface area contributed by atoms with Gasteiger partial charge in [-0.3, -0.25) is 4.98 Å². The quantitative estimate of drug-likeness (QED) is 0.862. The first-order chi connectivity index (χ1) is 9.38. The zero-order chi connectivity index (χ0) is 12.8. The Balaban J connectivity index is 1.45. The van der Waals surface area contributed by atoms with Crippen molar-refractivity contribution in [3.63, 3.8) is 0 Å². The summed E-state index contributed by atoms with van der Waals surface area (Å²) in [6.07, 6.45) is 9.15. The summed E-state index contributed by atoms with van der Waals surface area (Å²) >= 11 is 1.82. The van der Waals surface area contributed by atoms with Crippen molar-refractivity contribution in [2.75, 3.05) is 6.54 Å². The molecule has 3 saturated carbocycles. The number of rotatable bonds is 6. The minimum absolute atomic E-state index is 0.721. The molecule has 2 nitrogen and oxygen atoms in total. The van der Waals surface area contributed by atoms with Gasteiger partial charge < -0.3 is 5.32 Å². The van der Waals surface area contributed by atoms with Crippen LogP contribution in [0.25, 0.3) is 0 Å². The number of aromatic nitrogens is 1. The first kappa shape index (κ1) is 12.3. The van der Waals surface area contributed by atoms with Gasteiger partial charge in [0.2, 0.25) is 0 Å². The summed E-state index contributed by atoms with van der Waals surface area (Å²) in [4.78, 5) is 5.70. The second-order valence-electron chi connectivity index (χ2n) is 6.80. The summed E-state index contributed by atoms with van der Waals surface area (Å²) < 4.78 is 0. The van der Waals surface area contributed by atoms with Gasteiger partial charge in [-0.05, 0) is 68.2 Å². The molecule has 3 fully saturated rings. The molecule has 104 valence electrons. The van der Waals surface area contributed by atoms with Gasteiger partial charge >= 0.3 is 0 Å². The molecule has 1 aromatic heterocycles. The fourth-order valence-electron chi connectivity index (χ4n) is 5.16. The monoisotopic (exact) mass is 276 g/mol. The van der Waals surface area contributed by atoms with Gasteiger partial charge in [0.15, 0.2) is 0 Å². The van der Waals surface area contributed by atoms with Crippen LogP contribution in [0.2, 0.25) is 0 Å². The third kappa shape index (κ3) is 2.06. The Morgan fingerprint density at radius 1 is 1.37 bits per heavy atom. The van der Waals surface area contributed by atoms with E-state index in [9.17, 15) is 0 Å². The Bertz CT molecular complexity index is 414. The summed E-state index contributed by atoms with van der Waals surface area (Å²) in [7, 11) is 0. The molecule has 0 aliphatic heterocycles. The summed E-state index contributed by atoms with van der Waals surface area (Å²) in [6.45, 7) is 3.45. The Hall–Kier alpha value is -0.410. The average Bonchev–Trinajstić information content (AvgIpc) is 2.83. The maximum atomic E-state index is 4.24. The van der Waals surface area contributed by atoms with Gasteiger partial charge in [-0.1, -0.05) is 6.92 Å². The molecule has 3 heteroatoms. The summed E-state index contributed by atoms with van der Waals surface area (Å²) in [5.74, 6) is 5.33. The normalized spacial score (nSPS) is 40.4. The van der Waals surface area contributed by atoms with Crippen LogP contribution in [-0.2, 0) is 6.42 Å². The predicted octanol–water partition coefficient (Wildman–Crippen LogP) is 3.35. The molecule has 5 atom stereocenters. The molecule has 3 aliphatic rings. The minimum atomic E-state index is 0.721. The molecule has 0 aromatic carbocycles. The SMILES string of the molecule is CCCNC(Cc1cncs1)C1C2C3CCC(C3)C21. The van der Waals surface area contributed by atoms with Gasteiger partial charge in [0, 0.05) is 17.1 Å². The maximum Gasteiger partial charge on any atom is 0.0794 e. The molecular weight excluding hydrogens is 252 g/mol. The van der Waals surface area contributed by atoms with E-state index in [-0.39, 0.29) is 0 Å². The molecule has 3 aliphatic carbocycles. The number of hydrogen-bond donors (Lipinski definition) is 1. The van der Waals surface area contributed by atoms with E-state index in [0.29, 0.717) is 0 Å². The molecule has 1 N–H and O–H groups in total. The van der Waals surface area contributed by atoms with Crippen molar-refractivity contribution in [3.8, 4) is 0 Å². The second kappa shape index (κ2) is 4.85. The van der Waals surface area contributed by atoms with E-state index in [1.807, 2.05) is 16.8 Å². The van der Waals surface area contributed by atoms with Gasteiger partial charge in [0.05, 0.1) is 5.51 Å². The molecule has 0 saturated heterocycles. The summed E-state index contributed by atoms with van der Waals surface area (Å²) in [5.41, 5.74) is 1.98. The van der Waals surface area contributed by atoms with E-state index in [4.69, 9.17) is 0 Å². The predicted molar refractivity (Wildman–Crippen MR) is 79.2 cm³/mol. The minimum Gasteiger partial charge on any atom is -0.313 e. The summed E-state index contributed by atoms with van der Waals surface area (Å²) in [5, 5.41) is 3.85. The fourth-order valence-corrected chi connectivity index (χ4v) is 5.82. The van der Waals surface area contributed by atoms with Gasteiger partial charge in [0.25, 0.3) is 0 Å². The van der Waals surface area contributed by atoms with Crippen molar-refractivity contribution in [3.05, 3.63) is 16.6 Å².